The average Bonchev–Trinajstić information content (AvgIpc) is 3.17. The minimum Gasteiger partial charge on any atom is -0.339 e. The first kappa shape index (κ1) is 21.4. The van der Waals surface area contributed by atoms with E-state index in [1.807, 2.05) is 18.7 Å². The number of carbonyl (C=O) groups excluding carboxylic acids is 1. The van der Waals surface area contributed by atoms with Crippen LogP contribution in [0.25, 0.3) is 0 Å². The van der Waals surface area contributed by atoms with Gasteiger partial charge in [-0.1, -0.05) is 23.8 Å². The molecule has 9 heteroatoms. The van der Waals surface area contributed by atoms with E-state index >= 15 is 0 Å². The minimum absolute atomic E-state index is 0.0634. The van der Waals surface area contributed by atoms with Crippen LogP contribution in [-0.4, -0.2) is 61.3 Å². The van der Waals surface area contributed by atoms with Crippen LogP contribution >= 0.6 is 0 Å². The van der Waals surface area contributed by atoms with Crippen molar-refractivity contribution in [1.29, 1.82) is 0 Å². The second-order valence-electron chi connectivity index (χ2n) is 8.94. The summed E-state index contributed by atoms with van der Waals surface area (Å²) in [4.78, 5) is 39.1. The minimum atomic E-state index is -0.370. The van der Waals surface area contributed by atoms with E-state index in [-0.39, 0.29) is 17.5 Å². The zero-order valence-corrected chi connectivity index (χ0v) is 19.1. The van der Waals surface area contributed by atoms with E-state index in [1.54, 1.807) is 23.0 Å². The summed E-state index contributed by atoms with van der Waals surface area (Å²) in [5.41, 5.74) is 3.23. The van der Waals surface area contributed by atoms with E-state index in [1.165, 1.54) is 4.68 Å². The number of aromatic nitrogens is 5. The molecule has 2 aliphatic heterocycles. The summed E-state index contributed by atoms with van der Waals surface area (Å²) in [5, 5.41) is 4.67. The zero-order valence-electron chi connectivity index (χ0n) is 19.1. The molecular weight excluding hydrogens is 418 g/mol. The van der Waals surface area contributed by atoms with Crippen molar-refractivity contribution in [3.63, 3.8) is 0 Å². The quantitative estimate of drug-likeness (QED) is 0.605. The third-order valence-electron chi connectivity index (χ3n) is 6.69. The molecule has 3 aromatic rings. The van der Waals surface area contributed by atoms with Crippen LogP contribution in [0.4, 0.5) is 5.95 Å². The van der Waals surface area contributed by atoms with Crippen molar-refractivity contribution in [2.75, 3.05) is 31.1 Å². The first-order chi connectivity index (χ1) is 16.0. The monoisotopic (exact) mass is 447 g/mol. The highest BCUT2D eigenvalue weighted by atomic mass is 16.2. The highest BCUT2D eigenvalue weighted by Gasteiger charge is 2.35. The number of rotatable bonds is 4. The van der Waals surface area contributed by atoms with Crippen molar-refractivity contribution >= 4 is 11.9 Å². The van der Waals surface area contributed by atoms with Crippen LogP contribution < -0.4 is 10.6 Å². The number of amides is 1. The Hall–Kier alpha value is -3.49. The van der Waals surface area contributed by atoms with Gasteiger partial charge >= 0.3 is 5.69 Å². The van der Waals surface area contributed by atoms with E-state index in [4.69, 9.17) is 0 Å². The van der Waals surface area contributed by atoms with Gasteiger partial charge < -0.3 is 9.80 Å². The standard InChI is InChI=1S/C24H29N7O2/c1-17-6-7-18(2)19(15-17)16-31-24(33)30-10-3-5-20(21(30)27-31)22(32)28-11-13-29(14-12-28)23-25-8-4-9-26-23/h4,6-9,15,20H,3,5,10-14,16H2,1-2H3. The molecule has 9 nitrogen and oxygen atoms in total. The summed E-state index contributed by atoms with van der Waals surface area (Å²) in [7, 11) is 0. The lowest BCUT2D eigenvalue weighted by Gasteiger charge is -2.36. The van der Waals surface area contributed by atoms with Crippen LogP contribution in [-0.2, 0) is 17.9 Å². The van der Waals surface area contributed by atoms with Crippen molar-refractivity contribution in [2.45, 2.75) is 45.7 Å². The molecular formula is C24H29N7O2. The second-order valence-corrected chi connectivity index (χ2v) is 8.94. The van der Waals surface area contributed by atoms with Crippen molar-refractivity contribution in [2.24, 2.45) is 0 Å². The van der Waals surface area contributed by atoms with Gasteiger partial charge in [-0.05, 0) is 43.9 Å². The van der Waals surface area contributed by atoms with Crippen molar-refractivity contribution in [3.05, 3.63) is 69.7 Å². The molecule has 2 aliphatic rings. The largest absolute Gasteiger partial charge is 0.346 e. The molecule has 172 valence electrons. The molecule has 5 rings (SSSR count). The average molecular weight is 448 g/mol. The van der Waals surface area contributed by atoms with Crippen molar-refractivity contribution < 1.29 is 4.79 Å². The number of piperazine rings is 1. The van der Waals surface area contributed by atoms with Crippen LogP contribution in [0.15, 0.2) is 41.5 Å². The van der Waals surface area contributed by atoms with Gasteiger partial charge in [-0.2, -0.15) is 5.10 Å². The van der Waals surface area contributed by atoms with E-state index < -0.39 is 0 Å². The van der Waals surface area contributed by atoms with Crippen LogP contribution in [0.5, 0.6) is 0 Å². The fourth-order valence-electron chi connectivity index (χ4n) is 4.78. The summed E-state index contributed by atoms with van der Waals surface area (Å²) in [6.45, 7) is 7.73. The zero-order chi connectivity index (χ0) is 22.9. The number of benzene rings is 1. The number of hydrogen-bond acceptors (Lipinski definition) is 6. The predicted molar refractivity (Wildman–Crippen MR) is 124 cm³/mol. The normalized spacial score (nSPS) is 18.3. The van der Waals surface area contributed by atoms with Crippen LogP contribution in [0.2, 0.25) is 0 Å². The number of aryl methyl sites for hydroxylation is 2. The first-order valence-corrected chi connectivity index (χ1v) is 11.6. The molecule has 1 unspecified atom stereocenters. The van der Waals surface area contributed by atoms with Gasteiger partial charge in [0.1, 0.15) is 5.82 Å². The number of nitrogens with zero attached hydrogens (tertiary/aromatic N) is 7. The summed E-state index contributed by atoms with van der Waals surface area (Å²) >= 11 is 0. The van der Waals surface area contributed by atoms with E-state index in [9.17, 15) is 9.59 Å². The molecule has 1 aromatic carbocycles. The van der Waals surface area contributed by atoms with Crippen LogP contribution in [0.1, 0.15) is 41.3 Å². The molecule has 0 aliphatic carbocycles. The number of hydrogen-bond donors (Lipinski definition) is 0. The maximum absolute atomic E-state index is 13.4. The van der Waals surface area contributed by atoms with Crippen molar-refractivity contribution in [1.82, 2.24) is 29.2 Å². The maximum Gasteiger partial charge on any atom is 0.346 e. The Morgan fingerprint density at radius 3 is 2.58 bits per heavy atom. The van der Waals surface area contributed by atoms with E-state index in [0.29, 0.717) is 51.0 Å². The lowest BCUT2D eigenvalue weighted by atomic mass is 9.97. The summed E-state index contributed by atoms with van der Waals surface area (Å²) in [6.07, 6.45) is 4.99. The molecule has 0 bridgehead atoms. The Morgan fingerprint density at radius 1 is 1.06 bits per heavy atom. The fraction of sp³-hybridized carbons (Fsp3) is 0.458. The van der Waals surface area contributed by atoms with Crippen molar-refractivity contribution in [3.8, 4) is 0 Å². The topological polar surface area (TPSA) is 89.2 Å². The molecule has 1 atom stereocenters. The predicted octanol–water partition coefficient (Wildman–Crippen LogP) is 1.73. The third kappa shape index (κ3) is 4.15. The Labute approximate surface area is 192 Å². The molecule has 33 heavy (non-hydrogen) atoms. The van der Waals surface area contributed by atoms with Crippen LogP contribution in [0, 0.1) is 13.8 Å². The summed E-state index contributed by atoms with van der Waals surface area (Å²) in [6, 6.07) is 8.03. The maximum atomic E-state index is 13.4. The first-order valence-electron chi connectivity index (χ1n) is 11.6. The fourth-order valence-corrected chi connectivity index (χ4v) is 4.78. The van der Waals surface area contributed by atoms with Gasteiger partial charge in [-0.25, -0.2) is 19.4 Å². The molecule has 1 fully saturated rings. The van der Waals surface area contributed by atoms with Gasteiger partial charge in [0, 0.05) is 45.1 Å². The molecule has 1 saturated heterocycles. The molecule has 2 aromatic heterocycles. The van der Waals surface area contributed by atoms with Gasteiger partial charge in [-0.15, -0.1) is 0 Å². The number of fused-ring (bicyclic) bond motifs is 1. The van der Waals surface area contributed by atoms with Gasteiger partial charge in [0.15, 0.2) is 0 Å². The third-order valence-corrected chi connectivity index (χ3v) is 6.69. The van der Waals surface area contributed by atoms with Crippen LogP contribution in [0.3, 0.4) is 0 Å². The van der Waals surface area contributed by atoms with E-state index in [2.05, 4.69) is 38.2 Å². The number of carbonyl (C=O) groups is 1. The SMILES string of the molecule is Cc1ccc(C)c(Cn2nc3n(c2=O)CCCC3C(=O)N2CCN(c3ncccn3)CC2)c1. The lowest BCUT2D eigenvalue weighted by molar-refractivity contribution is -0.133. The lowest BCUT2D eigenvalue weighted by Crippen LogP contribution is -2.51. The Balaban J connectivity index is 1.33. The Bertz CT molecular complexity index is 1210. The second kappa shape index (κ2) is 8.80. The smallest absolute Gasteiger partial charge is 0.339 e. The Morgan fingerprint density at radius 2 is 1.82 bits per heavy atom. The molecule has 0 N–H and O–H groups in total. The van der Waals surface area contributed by atoms with Gasteiger partial charge in [-0.3, -0.25) is 9.36 Å². The van der Waals surface area contributed by atoms with E-state index in [0.717, 1.165) is 29.5 Å². The number of anilines is 1. The molecule has 0 spiro atoms. The molecule has 1 amide bonds. The van der Waals surface area contributed by atoms with Gasteiger partial charge in [0.2, 0.25) is 11.9 Å². The molecule has 0 radical (unpaired) electrons. The van der Waals surface area contributed by atoms with Gasteiger partial charge in [0.05, 0.1) is 12.5 Å². The highest BCUT2D eigenvalue weighted by molar-refractivity contribution is 5.83. The van der Waals surface area contributed by atoms with Gasteiger partial charge in [0.25, 0.3) is 0 Å². The summed E-state index contributed by atoms with van der Waals surface area (Å²) in [5.74, 6) is 0.996. The molecule has 4 heterocycles. The highest BCUT2D eigenvalue weighted by Crippen LogP contribution is 2.27. The summed E-state index contributed by atoms with van der Waals surface area (Å²) < 4.78 is 3.22. The Kier molecular flexibility index (Phi) is 5.70. The molecule has 0 saturated carbocycles.